The predicted molar refractivity (Wildman–Crippen MR) is 111 cm³/mol. The van der Waals surface area contributed by atoms with E-state index in [9.17, 15) is 4.79 Å². The third-order valence-electron chi connectivity index (χ3n) is 3.91. The van der Waals surface area contributed by atoms with E-state index in [1.165, 1.54) is 0 Å². The molecule has 144 valence electrons. The first-order valence-corrected chi connectivity index (χ1v) is 9.83. The van der Waals surface area contributed by atoms with Gasteiger partial charge in [-0.2, -0.15) is 0 Å². The first-order chi connectivity index (χ1) is 13.0. The van der Waals surface area contributed by atoms with Crippen LogP contribution in [-0.2, 0) is 16.1 Å². The van der Waals surface area contributed by atoms with Crippen LogP contribution in [0.3, 0.4) is 0 Å². The van der Waals surface area contributed by atoms with E-state index >= 15 is 0 Å². The average molecular weight is 407 g/mol. The molecule has 0 atom stereocenters. The van der Waals surface area contributed by atoms with Crippen molar-refractivity contribution in [2.24, 2.45) is 0 Å². The molecule has 0 aliphatic carbocycles. The number of ether oxygens (including phenoxy) is 2. The molecule has 0 amide bonds. The fourth-order valence-corrected chi connectivity index (χ4v) is 3.21. The van der Waals surface area contributed by atoms with Crippen LogP contribution in [0.5, 0.6) is 5.75 Å². The molecule has 0 heterocycles. The molecule has 2 rings (SSSR count). The molecule has 3 nitrogen and oxygen atoms in total. The number of benzene rings is 2. The molecule has 0 aromatic heterocycles. The topological polar surface area (TPSA) is 35.5 Å². The van der Waals surface area contributed by atoms with E-state index in [1.54, 1.807) is 19.1 Å². The third kappa shape index (κ3) is 7.28. The van der Waals surface area contributed by atoms with Gasteiger partial charge in [0.1, 0.15) is 12.4 Å². The third-order valence-corrected chi connectivity index (χ3v) is 4.35. The van der Waals surface area contributed by atoms with E-state index in [0.29, 0.717) is 23.3 Å². The second kappa shape index (κ2) is 11.0. The number of hydrogen-bond donors (Lipinski definition) is 0. The van der Waals surface area contributed by atoms with Crippen LogP contribution >= 0.6 is 23.2 Å². The molecular weight excluding hydrogens is 383 g/mol. The van der Waals surface area contributed by atoms with E-state index in [-0.39, 0.29) is 5.97 Å². The van der Waals surface area contributed by atoms with Crippen molar-refractivity contribution in [3.8, 4) is 5.75 Å². The maximum absolute atomic E-state index is 11.9. The zero-order chi connectivity index (χ0) is 19.6. The Morgan fingerprint density at radius 3 is 2.48 bits per heavy atom. The fourth-order valence-electron chi connectivity index (χ4n) is 2.64. The molecule has 5 heteroatoms. The molecule has 0 aliphatic rings. The summed E-state index contributed by atoms with van der Waals surface area (Å²) >= 11 is 12.1. The second-order valence-corrected chi connectivity index (χ2v) is 6.99. The van der Waals surface area contributed by atoms with Gasteiger partial charge >= 0.3 is 5.97 Å². The van der Waals surface area contributed by atoms with E-state index in [2.05, 4.69) is 6.92 Å². The number of carbonyl (C=O) groups is 1. The molecule has 0 unspecified atom stereocenters. The highest BCUT2D eigenvalue weighted by Crippen LogP contribution is 2.26. The minimum absolute atomic E-state index is 0.316. The van der Waals surface area contributed by atoms with Gasteiger partial charge in [-0.3, -0.25) is 0 Å². The highest BCUT2D eigenvalue weighted by molar-refractivity contribution is 6.34. The lowest BCUT2D eigenvalue weighted by atomic mass is 9.99. The molecular formula is C22H24Cl2O3. The predicted octanol–water partition coefficient (Wildman–Crippen LogP) is 6.71. The number of halogens is 2. The van der Waals surface area contributed by atoms with Crippen LogP contribution in [0.25, 0.3) is 5.57 Å². The Kier molecular flexibility index (Phi) is 8.70. The van der Waals surface area contributed by atoms with Gasteiger partial charge in [0.25, 0.3) is 0 Å². The zero-order valence-corrected chi connectivity index (χ0v) is 17.1. The van der Waals surface area contributed by atoms with E-state index in [0.717, 1.165) is 41.7 Å². The van der Waals surface area contributed by atoms with Gasteiger partial charge in [-0.1, -0.05) is 48.7 Å². The summed E-state index contributed by atoms with van der Waals surface area (Å²) in [6.45, 7) is 4.64. The summed E-state index contributed by atoms with van der Waals surface area (Å²) in [7, 11) is 0. The molecule has 2 aromatic rings. The second-order valence-electron chi connectivity index (χ2n) is 6.12. The largest absolute Gasteiger partial charge is 0.489 e. The number of carbonyl (C=O) groups excluding carboxylic acids is 1. The van der Waals surface area contributed by atoms with Gasteiger partial charge in [0, 0.05) is 16.1 Å². The lowest BCUT2D eigenvalue weighted by Crippen LogP contribution is -2.01. The van der Waals surface area contributed by atoms with Crippen LogP contribution in [0, 0.1) is 0 Å². The van der Waals surface area contributed by atoms with Gasteiger partial charge in [0.15, 0.2) is 0 Å². The first kappa shape index (κ1) is 21.3. The van der Waals surface area contributed by atoms with Crippen LogP contribution in [0.15, 0.2) is 48.5 Å². The van der Waals surface area contributed by atoms with Crippen molar-refractivity contribution in [1.29, 1.82) is 0 Å². The number of hydrogen-bond acceptors (Lipinski definition) is 3. The molecule has 0 fully saturated rings. The van der Waals surface area contributed by atoms with Crippen molar-refractivity contribution in [1.82, 2.24) is 0 Å². The van der Waals surface area contributed by atoms with Crippen molar-refractivity contribution >= 4 is 34.7 Å². The lowest BCUT2D eigenvalue weighted by Gasteiger charge is -2.11. The Hall–Kier alpha value is -1.97. The maximum atomic E-state index is 11.9. The summed E-state index contributed by atoms with van der Waals surface area (Å²) in [6, 6.07) is 13.1. The van der Waals surface area contributed by atoms with Crippen LogP contribution in [-0.4, -0.2) is 12.6 Å². The number of unbranched alkanes of at least 4 members (excludes halogenated alkanes) is 1. The highest BCUT2D eigenvalue weighted by Gasteiger charge is 2.08. The number of esters is 1. The Labute approximate surface area is 170 Å². The van der Waals surface area contributed by atoms with Crippen molar-refractivity contribution in [2.75, 3.05) is 6.61 Å². The van der Waals surface area contributed by atoms with E-state index < -0.39 is 0 Å². The van der Waals surface area contributed by atoms with Gasteiger partial charge < -0.3 is 9.47 Å². The van der Waals surface area contributed by atoms with Crippen molar-refractivity contribution < 1.29 is 14.3 Å². The molecule has 0 spiro atoms. The molecule has 2 aromatic carbocycles. The zero-order valence-electron chi connectivity index (χ0n) is 15.6. The molecule has 0 radical (unpaired) electrons. The fraction of sp³-hybridized carbons (Fsp3) is 0.318. The summed E-state index contributed by atoms with van der Waals surface area (Å²) in [6.07, 6.45) is 4.43. The summed E-state index contributed by atoms with van der Waals surface area (Å²) < 4.78 is 10.9. The monoisotopic (exact) mass is 406 g/mol. The van der Waals surface area contributed by atoms with Gasteiger partial charge in [-0.25, -0.2) is 4.79 Å². The summed E-state index contributed by atoms with van der Waals surface area (Å²) in [5.41, 5.74) is 2.80. The average Bonchev–Trinajstić information content (AvgIpc) is 2.63. The Balaban J connectivity index is 2.16. The van der Waals surface area contributed by atoms with Crippen LogP contribution in [0.2, 0.25) is 10.0 Å². The molecule has 27 heavy (non-hydrogen) atoms. The number of allylic oxidation sites excluding steroid dienone is 1. The maximum Gasteiger partial charge on any atom is 0.331 e. The standard InChI is InChI=1S/C22H24Cl2O3/c1-3-5-7-18(13-22(25)26-4-2)17-8-6-9-21(12-17)27-15-16-10-19(23)14-20(24)11-16/h6,8-14H,3-5,7,15H2,1-2H3/b18-13+. The van der Waals surface area contributed by atoms with Crippen LogP contribution < -0.4 is 4.74 Å². The molecule has 0 N–H and O–H groups in total. The quantitative estimate of drug-likeness (QED) is 0.342. The lowest BCUT2D eigenvalue weighted by molar-refractivity contribution is -0.137. The van der Waals surface area contributed by atoms with Gasteiger partial charge in [-0.15, -0.1) is 0 Å². The van der Waals surface area contributed by atoms with Gasteiger partial charge in [-0.05, 0) is 66.8 Å². The molecule has 0 saturated carbocycles. The Morgan fingerprint density at radius 2 is 1.81 bits per heavy atom. The van der Waals surface area contributed by atoms with E-state index in [1.807, 2.05) is 36.4 Å². The SMILES string of the molecule is CCCC/C(=C\C(=O)OCC)c1cccc(OCc2cc(Cl)cc(Cl)c2)c1. The summed E-state index contributed by atoms with van der Waals surface area (Å²) in [4.78, 5) is 11.9. The normalized spacial score (nSPS) is 11.3. The van der Waals surface area contributed by atoms with Crippen LogP contribution in [0.4, 0.5) is 0 Å². The van der Waals surface area contributed by atoms with Crippen molar-refractivity contribution in [3.05, 3.63) is 69.7 Å². The molecule has 0 aliphatic heterocycles. The van der Waals surface area contributed by atoms with Gasteiger partial charge in [0.05, 0.1) is 6.61 Å². The first-order valence-electron chi connectivity index (χ1n) is 9.07. The minimum Gasteiger partial charge on any atom is -0.489 e. The Bertz CT molecular complexity index is 780. The number of rotatable bonds is 9. The summed E-state index contributed by atoms with van der Waals surface area (Å²) in [5, 5.41) is 1.16. The highest BCUT2D eigenvalue weighted by atomic mass is 35.5. The Morgan fingerprint density at radius 1 is 1.07 bits per heavy atom. The van der Waals surface area contributed by atoms with Crippen molar-refractivity contribution in [2.45, 2.75) is 39.7 Å². The van der Waals surface area contributed by atoms with E-state index in [4.69, 9.17) is 32.7 Å². The summed E-state index contributed by atoms with van der Waals surface area (Å²) in [5.74, 6) is 0.401. The van der Waals surface area contributed by atoms with Crippen LogP contribution in [0.1, 0.15) is 44.2 Å². The molecule has 0 bridgehead atoms. The minimum atomic E-state index is -0.316. The van der Waals surface area contributed by atoms with Crippen molar-refractivity contribution in [3.63, 3.8) is 0 Å². The smallest absolute Gasteiger partial charge is 0.331 e. The van der Waals surface area contributed by atoms with Gasteiger partial charge in [0.2, 0.25) is 0 Å². The molecule has 0 saturated heterocycles.